The topological polar surface area (TPSA) is 0 Å². The third-order valence-corrected chi connectivity index (χ3v) is 2.31. The first kappa shape index (κ1) is 12.7. The molecule has 0 rings (SSSR count). The van der Waals surface area contributed by atoms with Crippen molar-refractivity contribution < 1.29 is 4.39 Å². The van der Waals surface area contributed by atoms with E-state index < -0.39 is 0 Å². The van der Waals surface area contributed by atoms with Crippen molar-refractivity contribution in [2.45, 2.75) is 64.7 Å². The van der Waals surface area contributed by atoms with Crippen LogP contribution in [-0.2, 0) is 0 Å². The Labute approximate surface area is 82.2 Å². The van der Waals surface area contributed by atoms with E-state index in [2.05, 4.69) is 6.92 Å². The summed E-state index contributed by atoms with van der Waals surface area (Å²) < 4.78 is 11.5. The Balaban J connectivity index is 2.83. The molecular formula is C12H23F. The number of allylic oxidation sites excluding steroid dienone is 1. The van der Waals surface area contributed by atoms with Gasteiger partial charge in [0.05, 0.1) is 6.33 Å². The minimum absolute atomic E-state index is 0.654. The van der Waals surface area contributed by atoms with Crippen LogP contribution >= 0.6 is 0 Å². The number of halogens is 1. The van der Waals surface area contributed by atoms with Crippen LogP contribution in [0, 0.1) is 0 Å². The molecule has 0 spiro atoms. The number of unbranched alkanes of at least 4 members (excludes halogenated alkanes) is 8. The zero-order chi connectivity index (χ0) is 9.78. The number of hydrogen-bond acceptors (Lipinski definition) is 0. The predicted octanol–water partition coefficient (Wildman–Crippen LogP) is 5.00. The largest absolute Gasteiger partial charge is 0.216 e. The molecule has 0 saturated carbocycles. The van der Waals surface area contributed by atoms with Gasteiger partial charge in [-0.15, -0.1) is 0 Å². The standard InChI is InChI=1S/C12H23F/c1-2-3-4-5-6-7-8-9-10-11-12-13/h11-12H,2-10H2,1H3. The fourth-order valence-electron chi connectivity index (χ4n) is 1.46. The second-order valence-corrected chi connectivity index (χ2v) is 3.63. The highest BCUT2D eigenvalue weighted by Crippen LogP contribution is 2.09. The zero-order valence-electron chi connectivity index (χ0n) is 8.90. The van der Waals surface area contributed by atoms with Gasteiger partial charge in [0, 0.05) is 0 Å². The Morgan fingerprint density at radius 1 is 0.846 bits per heavy atom. The highest BCUT2D eigenvalue weighted by molar-refractivity contribution is 4.71. The molecule has 0 aromatic heterocycles. The first-order valence-corrected chi connectivity index (χ1v) is 5.67. The molecule has 0 heterocycles. The molecule has 1 heteroatoms. The molecule has 0 radical (unpaired) electrons. The van der Waals surface area contributed by atoms with Gasteiger partial charge in [-0.25, -0.2) is 4.39 Å². The summed E-state index contributed by atoms with van der Waals surface area (Å²) in [5, 5.41) is 0. The van der Waals surface area contributed by atoms with Crippen molar-refractivity contribution in [1.82, 2.24) is 0 Å². The van der Waals surface area contributed by atoms with Crippen molar-refractivity contribution in [2.75, 3.05) is 0 Å². The van der Waals surface area contributed by atoms with Gasteiger partial charge < -0.3 is 0 Å². The van der Waals surface area contributed by atoms with Crippen LogP contribution in [0.2, 0.25) is 0 Å². The molecule has 0 aromatic carbocycles. The lowest BCUT2D eigenvalue weighted by Crippen LogP contribution is -1.79. The average molecular weight is 186 g/mol. The van der Waals surface area contributed by atoms with Crippen LogP contribution in [0.25, 0.3) is 0 Å². The molecule has 78 valence electrons. The molecule has 0 aliphatic heterocycles. The van der Waals surface area contributed by atoms with E-state index in [1.165, 1.54) is 44.9 Å². The second kappa shape index (κ2) is 11.7. The molecule has 0 nitrogen and oxygen atoms in total. The fourth-order valence-corrected chi connectivity index (χ4v) is 1.46. The quantitative estimate of drug-likeness (QED) is 0.444. The van der Waals surface area contributed by atoms with Crippen LogP contribution in [0.5, 0.6) is 0 Å². The van der Waals surface area contributed by atoms with Gasteiger partial charge in [-0.1, -0.05) is 57.9 Å². The summed E-state index contributed by atoms with van der Waals surface area (Å²) in [7, 11) is 0. The van der Waals surface area contributed by atoms with Crippen molar-refractivity contribution in [2.24, 2.45) is 0 Å². The lowest BCUT2D eigenvalue weighted by molar-refractivity contribution is 0.576. The van der Waals surface area contributed by atoms with Gasteiger partial charge in [0.15, 0.2) is 0 Å². The maximum Gasteiger partial charge on any atom is 0.0827 e. The first-order chi connectivity index (χ1) is 6.41. The van der Waals surface area contributed by atoms with E-state index in [4.69, 9.17) is 0 Å². The van der Waals surface area contributed by atoms with Gasteiger partial charge in [0.2, 0.25) is 0 Å². The van der Waals surface area contributed by atoms with Gasteiger partial charge in [0.1, 0.15) is 0 Å². The van der Waals surface area contributed by atoms with Crippen LogP contribution in [0.1, 0.15) is 64.7 Å². The fraction of sp³-hybridized carbons (Fsp3) is 0.833. The summed E-state index contributed by atoms with van der Waals surface area (Å²) in [6, 6.07) is 0. The highest BCUT2D eigenvalue weighted by Gasteiger charge is 1.89. The summed E-state index contributed by atoms with van der Waals surface area (Å²) in [4.78, 5) is 0. The average Bonchev–Trinajstić information content (AvgIpc) is 2.16. The van der Waals surface area contributed by atoms with E-state index in [1.54, 1.807) is 6.08 Å². The maximum atomic E-state index is 11.5. The molecule has 0 aliphatic rings. The highest BCUT2D eigenvalue weighted by atomic mass is 19.1. The molecular weight excluding hydrogens is 163 g/mol. The van der Waals surface area contributed by atoms with Crippen molar-refractivity contribution in [1.29, 1.82) is 0 Å². The molecule has 13 heavy (non-hydrogen) atoms. The SMILES string of the molecule is CCCCCCCCCCC=CF. The van der Waals surface area contributed by atoms with Crippen LogP contribution < -0.4 is 0 Å². The van der Waals surface area contributed by atoms with E-state index >= 15 is 0 Å². The van der Waals surface area contributed by atoms with E-state index in [0.717, 1.165) is 12.8 Å². The molecule has 0 aliphatic carbocycles. The van der Waals surface area contributed by atoms with Crippen molar-refractivity contribution in [3.8, 4) is 0 Å². The number of hydrogen-bond donors (Lipinski definition) is 0. The normalized spacial score (nSPS) is 11.2. The van der Waals surface area contributed by atoms with E-state index in [0.29, 0.717) is 6.33 Å². The van der Waals surface area contributed by atoms with Gasteiger partial charge in [0.25, 0.3) is 0 Å². The monoisotopic (exact) mass is 186 g/mol. The Kier molecular flexibility index (Phi) is 11.4. The molecule has 0 unspecified atom stereocenters. The van der Waals surface area contributed by atoms with E-state index in [9.17, 15) is 4.39 Å². The van der Waals surface area contributed by atoms with Crippen molar-refractivity contribution in [3.63, 3.8) is 0 Å². The van der Waals surface area contributed by atoms with Gasteiger partial charge >= 0.3 is 0 Å². The minimum atomic E-state index is 0.654. The first-order valence-electron chi connectivity index (χ1n) is 5.67. The summed E-state index contributed by atoms with van der Waals surface area (Å²) in [5.74, 6) is 0. The summed E-state index contributed by atoms with van der Waals surface area (Å²) in [5.41, 5.74) is 0. The third kappa shape index (κ3) is 11.7. The van der Waals surface area contributed by atoms with Crippen LogP contribution in [0.4, 0.5) is 4.39 Å². The molecule has 0 aromatic rings. The zero-order valence-corrected chi connectivity index (χ0v) is 8.90. The molecule has 0 fully saturated rings. The Hall–Kier alpha value is -0.330. The smallest absolute Gasteiger partial charge is 0.0827 e. The Bertz CT molecular complexity index is 108. The third-order valence-electron chi connectivity index (χ3n) is 2.31. The Morgan fingerprint density at radius 3 is 1.92 bits per heavy atom. The maximum absolute atomic E-state index is 11.5. The van der Waals surface area contributed by atoms with E-state index in [1.807, 2.05) is 0 Å². The van der Waals surface area contributed by atoms with E-state index in [-0.39, 0.29) is 0 Å². The minimum Gasteiger partial charge on any atom is -0.216 e. The molecule has 0 N–H and O–H groups in total. The lowest BCUT2D eigenvalue weighted by atomic mass is 10.1. The molecule has 0 amide bonds. The van der Waals surface area contributed by atoms with Gasteiger partial charge in [-0.2, -0.15) is 0 Å². The summed E-state index contributed by atoms with van der Waals surface area (Å²) >= 11 is 0. The summed E-state index contributed by atoms with van der Waals surface area (Å²) in [6.07, 6.45) is 13.7. The lowest BCUT2D eigenvalue weighted by Gasteiger charge is -1.99. The van der Waals surface area contributed by atoms with Crippen LogP contribution in [-0.4, -0.2) is 0 Å². The second-order valence-electron chi connectivity index (χ2n) is 3.63. The van der Waals surface area contributed by atoms with Crippen LogP contribution in [0.15, 0.2) is 12.4 Å². The van der Waals surface area contributed by atoms with Crippen LogP contribution in [0.3, 0.4) is 0 Å². The molecule has 0 bridgehead atoms. The van der Waals surface area contributed by atoms with Gasteiger partial charge in [-0.3, -0.25) is 0 Å². The summed E-state index contributed by atoms with van der Waals surface area (Å²) in [6.45, 7) is 2.24. The van der Waals surface area contributed by atoms with Crippen molar-refractivity contribution >= 4 is 0 Å². The predicted molar refractivity (Wildman–Crippen MR) is 57.5 cm³/mol. The number of rotatable bonds is 9. The Morgan fingerprint density at radius 2 is 1.38 bits per heavy atom. The molecule has 0 atom stereocenters. The molecule has 0 saturated heterocycles. The van der Waals surface area contributed by atoms with Gasteiger partial charge in [-0.05, 0) is 12.8 Å². The van der Waals surface area contributed by atoms with Crippen molar-refractivity contribution in [3.05, 3.63) is 12.4 Å².